The average molecular weight is 436 g/mol. The number of halogens is 2. The van der Waals surface area contributed by atoms with Crippen LogP contribution in [0.1, 0.15) is 21.5 Å². The molecule has 0 N–H and O–H groups in total. The van der Waals surface area contributed by atoms with Crippen LogP contribution in [0.4, 0.5) is 14.5 Å². The van der Waals surface area contributed by atoms with E-state index in [2.05, 4.69) is 0 Å². The van der Waals surface area contributed by atoms with Gasteiger partial charge in [0.05, 0.1) is 17.8 Å². The maximum absolute atomic E-state index is 14.4. The minimum absolute atomic E-state index is 0.100. The van der Waals surface area contributed by atoms with Gasteiger partial charge in [-0.3, -0.25) is 9.59 Å². The second kappa shape index (κ2) is 7.50. The van der Waals surface area contributed by atoms with Gasteiger partial charge in [-0.25, -0.2) is 8.78 Å². The van der Waals surface area contributed by atoms with E-state index < -0.39 is 22.4 Å². The Morgan fingerprint density at radius 1 is 1.00 bits per heavy atom. The molecule has 156 valence electrons. The fraction of sp³-hybridized carbons (Fsp3) is 0.167. The van der Waals surface area contributed by atoms with Gasteiger partial charge in [0.25, 0.3) is 11.8 Å². The smallest absolute Gasteiger partial charge is 0.268 e. The maximum Gasteiger partial charge on any atom is 0.268 e. The van der Waals surface area contributed by atoms with Gasteiger partial charge in [0.2, 0.25) is 0 Å². The molecule has 2 aliphatic rings. The minimum atomic E-state index is -1.41. The summed E-state index contributed by atoms with van der Waals surface area (Å²) in [5.41, 5.74) is 1.81. The highest BCUT2D eigenvalue weighted by Crippen LogP contribution is 2.55. The summed E-state index contributed by atoms with van der Waals surface area (Å²) in [7, 11) is 0. The van der Waals surface area contributed by atoms with Crippen LogP contribution in [0, 0.1) is 11.6 Å². The first kappa shape index (κ1) is 19.8. The molecule has 1 spiro atoms. The van der Waals surface area contributed by atoms with Crippen LogP contribution in [-0.4, -0.2) is 29.0 Å². The lowest BCUT2D eigenvalue weighted by Crippen LogP contribution is -2.50. The lowest BCUT2D eigenvalue weighted by atomic mass is 10.0. The Morgan fingerprint density at radius 3 is 2.52 bits per heavy atom. The van der Waals surface area contributed by atoms with Crippen molar-refractivity contribution in [3.05, 3.63) is 101 Å². The van der Waals surface area contributed by atoms with E-state index in [0.717, 1.165) is 5.56 Å². The van der Waals surface area contributed by atoms with Crippen molar-refractivity contribution in [2.24, 2.45) is 0 Å². The Bertz CT molecular complexity index is 1190. The molecular formula is C24H18F2N2O2S. The summed E-state index contributed by atoms with van der Waals surface area (Å²) in [5.74, 6) is -1.54. The van der Waals surface area contributed by atoms with Crippen molar-refractivity contribution in [2.45, 2.75) is 11.4 Å². The van der Waals surface area contributed by atoms with Crippen LogP contribution in [0.3, 0.4) is 0 Å². The van der Waals surface area contributed by atoms with Crippen LogP contribution in [0.2, 0.25) is 0 Å². The molecule has 0 aromatic heterocycles. The summed E-state index contributed by atoms with van der Waals surface area (Å²) in [6, 6.07) is 19.4. The Balaban J connectivity index is 1.62. The molecule has 5 rings (SSSR count). The van der Waals surface area contributed by atoms with Crippen molar-refractivity contribution in [1.82, 2.24) is 4.90 Å². The maximum atomic E-state index is 14.4. The molecule has 0 bridgehead atoms. The molecule has 1 saturated heterocycles. The van der Waals surface area contributed by atoms with Crippen molar-refractivity contribution in [1.29, 1.82) is 0 Å². The fourth-order valence-corrected chi connectivity index (χ4v) is 5.74. The predicted molar refractivity (Wildman–Crippen MR) is 116 cm³/mol. The molecule has 4 nitrogen and oxygen atoms in total. The summed E-state index contributed by atoms with van der Waals surface area (Å²) in [6.45, 7) is 0.557. The lowest BCUT2D eigenvalue weighted by Gasteiger charge is -2.33. The molecule has 3 aromatic rings. The molecule has 2 heterocycles. The van der Waals surface area contributed by atoms with Gasteiger partial charge in [-0.15, -0.1) is 11.8 Å². The van der Waals surface area contributed by atoms with E-state index in [1.54, 1.807) is 17.0 Å². The predicted octanol–water partition coefficient (Wildman–Crippen LogP) is 4.55. The van der Waals surface area contributed by atoms with Crippen LogP contribution in [0.5, 0.6) is 0 Å². The van der Waals surface area contributed by atoms with Gasteiger partial charge in [0.1, 0.15) is 11.6 Å². The number of thioether (sulfide) groups is 1. The normalized spacial score (nSPS) is 19.9. The van der Waals surface area contributed by atoms with Crippen LogP contribution in [0.15, 0.2) is 72.8 Å². The molecule has 1 fully saturated rings. The van der Waals surface area contributed by atoms with Crippen molar-refractivity contribution < 1.29 is 18.4 Å². The van der Waals surface area contributed by atoms with Crippen LogP contribution < -0.4 is 4.90 Å². The van der Waals surface area contributed by atoms with Gasteiger partial charge >= 0.3 is 0 Å². The number of benzene rings is 3. The molecule has 0 radical (unpaired) electrons. The fourth-order valence-electron chi connectivity index (χ4n) is 4.29. The highest BCUT2D eigenvalue weighted by molar-refractivity contribution is 8.01. The molecule has 2 amide bonds. The zero-order chi connectivity index (χ0) is 21.6. The average Bonchev–Trinajstić information content (AvgIpc) is 3.32. The van der Waals surface area contributed by atoms with Crippen molar-refractivity contribution >= 4 is 29.3 Å². The second-order valence-electron chi connectivity index (χ2n) is 7.47. The van der Waals surface area contributed by atoms with E-state index in [0.29, 0.717) is 23.5 Å². The van der Waals surface area contributed by atoms with Crippen LogP contribution in [-0.2, 0) is 16.2 Å². The monoisotopic (exact) mass is 436 g/mol. The first-order valence-electron chi connectivity index (χ1n) is 9.89. The Morgan fingerprint density at radius 2 is 1.74 bits per heavy atom. The number of hydrogen-bond acceptors (Lipinski definition) is 3. The number of nitrogens with zero attached hydrogens (tertiary/aromatic N) is 2. The van der Waals surface area contributed by atoms with E-state index in [9.17, 15) is 18.4 Å². The first-order chi connectivity index (χ1) is 15.0. The second-order valence-corrected chi connectivity index (χ2v) is 8.76. The quantitative estimate of drug-likeness (QED) is 0.605. The SMILES string of the molecule is O=C(c1ccccc1F)N1CCS[C@]12C(=O)N(Cc1ccccc1)c1ccc(F)cc12. The summed E-state index contributed by atoms with van der Waals surface area (Å²) >= 11 is 1.29. The highest BCUT2D eigenvalue weighted by Gasteiger charge is 2.59. The van der Waals surface area contributed by atoms with E-state index in [4.69, 9.17) is 0 Å². The van der Waals surface area contributed by atoms with Gasteiger partial charge in [-0.1, -0.05) is 42.5 Å². The molecule has 3 aromatic carbocycles. The van der Waals surface area contributed by atoms with E-state index in [1.807, 2.05) is 30.3 Å². The van der Waals surface area contributed by atoms with E-state index in [-0.39, 0.29) is 18.0 Å². The summed E-state index contributed by atoms with van der Waals surface area (Å²) in [4.78, 5) is 28.7. The van der Waals surface area contributed by atoms with Crippen molar-refractivity contribution in [2.75, 3.05) is 17.2 Å². The summed E-state index contributed by atoms with van der Waals surface area (Å²) < 4.78 is 28.7. The summed E-state index contributed by atoms with van der Waals surface area (Å²) in [5, 5.41) is 0. The molecular weight excluding hydrogens is 418 g/mol. The molecule has 2 aliphatic heterocycles. The van der Waals surface area contributed by atoms with E-state index >= 15 is 0 Å². The zero-order valence-electron chi connectivity index (χ0n) is 16.4. The highest BCUT2D eigenvalue weighted by atomic mass is 32.2. The Kier molecular flexibility index (Phi) is 4.78. The molecule has 1 atom stereocenters. The van der Waals surface area contributed by atoms with Crippen LogP contribution in [0.25, 0.3) is 0 Å². The van der Waals surface area contributed by atoms with Gasteiger partial charge in [0, 0.05) is 17.9 Å². The number of carbonyl (C=O) groups is 2. The Hall–Kier alpha value is -3.19. The Labute approximate surface area is 182 Å². The van der Waals surface area contributed by atoms with Gasteiger partial charge < -0.3 is 9.80 Å². The first-order valence-corrected chi connectivity index (χ1v) is 10.9. The number of hydrogen-bond donors (Lipinski definition) is 0. The third-order valence-electron chi connectivity index (χ3n) is 5.69. The minimum Gasteiger partial charge on any atom is -0.311 e. The molecule has 0 aliphatic carbocycles. The van der Waals surface area contributed by atoms with Crippen molar-refractivity contribution in [3.8, 4) is 0 Å². The number of fused-ring (bicyclic) bond motifs is 2. The van der Waals surface area contributed by atoms with Gasteiger partial charge in [-0.2, -0.15) is 0 Å². The topological polar surface area (TPSA) is 40.6 Å². The van der Waals surface area contributed by atoms with E-state index in [1.165, 1.54) is 47.0 Å². The van der Waals surface area contributed by atoms with Gasteiger partial charge in [-0.05, 0) is 35.9 Å². The number of anilines is 1. The van der Waals surface area contributed by atoms with Crippen LogP contribution >= 0.6 is 11.8 Å². The molecule has 7 heteroatoms. The molecule has 0 saturated carbocycles. The van der Waals surface area contributed by atoms with Gasteiger partial charge in [0.15, 0.2) is 4.87 Å². The standard InChI is InChI=1S/C24H18F2N2O2S/c25-17-10-11-21-19(14-17)24(23(30)27(21)15-16-6-2-1-3-7-16)28(12-13-31-24)22(29)18-8-4-5-9-20(18)26/h1-11,14H,12-13,15H2/t24-/m1/s1. The summed E-state index contributed by atoms with van der Waals surface area (Å²) in [6.07, 6.45) is 0. The lowest BCUT2D eigenvalue weighted by molar-refractivity contribution is -0.123. The number of carbonyl (C=O) groups excluding carboxylic acids is 2. The zero-order valence-corrected chi connectivity index (χ0v) is 17.2. The third kappa shape index (κ3) is 3.03. The molecule has 0 unspecified atom stereocenters. The number of rotatable bonds is 3. The van der Waals surface area contributed by atoms with Crippen molar-refractivity contribution in [3.63, 3.8) is 0 Å². The third-order valence-corrected chi connectivity index (χ3v) is 7.11. The number of amides is 2. The largest absolute Gasteiger partial charge is 0.311 e. The molecule has 31 heavy (non-hydrogen) atoms.